The van der Waals surface area contributed by atoms with E-state index in [-0.39, 0.29) is 18.0 Å². The first-order valence-electron chi connectivity index (χ1n) is 7.09. The lowest BCUT2D eigenvalue weighted by Crippen LogP contribution is -2.29. The molecule has 0 spiro atoms. The third-order valence-corrected chi connectivity index (χ3v) is 3.96. The van der Waals surface area contributed by atoms with Crippen molar-refractivity contribution >= 4 is 46.3 Å². The summed E-state index contributed by atoms with van der Waals surface area (Å²) < 4.78 is 0. The molecule has 1 aromatic carbocycles. The van der Waals surface area contributed by atoms with Gasteiger partial charge in [-0.3, -0.25) is 4.90 Å². The van der Waals surface area contributed by atoms with E-state index in [9.17, 15) is 9.90 Å². The molecule has 0 aliphatic carbocycles. The third-order valence-electron chi connectivity index (χ3n) is 3.42. The summed E-state index contributed by atoms with van der Waals surface area (Å²) >= 11 is 12.1. The highest BCUT2D eigenvalue weighted by atomic mass is 35.5. The van der Waals surface area contributed by atoms with Crippen molar-refractivity contribution in [1.82, 2.24) is 15.0 Å². The molecule has 2 aromatic heterocycles. The summed E-state index contributed by atoms with van der Waals surface area (Å²) in [7, 11) is 0. The van der Waals surface area contributed by atoms with Crippen LogP contribution in [-0.4, -0.2) is 32.7 Å². The standard InChI is InChI=1S/C16H12Cl2N4O2/c1-2-22(16(23)24)13-7-11(18)14-15(21-13)20-12(8-19-14)9-3-5-10(17)6-4-9/h3-8H,2H2,1H3,(H,23,24). The largest absolute Gasteiger partial charge is 0.465 e. The zero-order valence-corrected chi connectivity index (χ0v) is 14.1. The van der Waals surface area contributed by atoms with Crippen molar-refractivity contribution in [1.29, 1.82) is 0 Å². The quantitative estimate of drug-likeness (QED) is 0.741. The van der Waals surface area contributed by atoms with Crippen LogP contribution in [0, 0.1) is 0 Å². The molecule has 8 heteroatoms. The van der Waals surface area contributed by atoms with E-state index in [1.807, 2.05) is 12.1 Å². The number of aromatic nitrogens is 3. The maximum absolute atomic E-state index is 11.3. The van der Waals surface area contributed by atoms with Crippen LogP contribution < -0.4 is 4.90 Å². The molecule has 1 amide bonds. The zero-order chi connectivity index (χ0) is 17.3. The maximum atomic E-state index is 11.3. The molecule has 3 rings (SSSR count). The Labute approximate surface area is 147 Å². The van der Waals surface area contributed by atoms with E-state index in [1.165, 1.54) is 6.07 Å². The molecule has 2 heterocycles. The van der Waals surface area contributed by atoms with Gasteiger partial charge in [-0.1, -0.05) is 35.3 Å². The average Bonchev–Trinajstić information content (AvgIpc) is 2.55. The monoisotopic (exact) mass is 362 g/mol. The van der Waals surface area contributed by atoms with Crippen molar-refractivity contribution in [2.75, 3.05) is 11.4 Å². The van der Waals surface area contributed by atoms with Crippen LogP contribution in [0.3, 0.4) is 0 Å². The second-order valence-corrected chi connectivity index (χ2v) is 5.77. The van der Waals surface area contributed by atoms with Crippen LogP contribution in [0.5, 0.6) is 0 Å². The molecule has 6 nitrogen and oxygen atoms in total. The van der Waals surface area contributed by atoms with Gasteiger partial charge in [0.25, 0.3) is 0 Å². The van der Waals surface area contributed by atoms with Crippen LogP contribution in [0.1, 0.15) is 6.92 Å². The Kier molecular flexibility index (Phi) is 4.51. The third kappa shape index (κ3) is 3.11. The molecule has 122 valence electrons. The van der Waals surface area contributed by atoms with Crippen LogP contribution in [0.2, 0.25) is 10.0 Å². The van der Waals surface area contributed by atoms with Gasteiger partial charge in [-0.05, 0) is 19.1 Å². The van der Waals surface area contributed by atoms with Crippen LogP contribution in [0.15, 0.2) is 36.5 Å². The number of halogens is 2. The second-order valence-electron chi connectivity index (χ2n) is 4.92. The molecule has 3 aromatic rings. The molecular formula is C16H12Cl2N4O2. The first-order chi connectivity index (χ1) is 11.5. The minimum absolute atomic E-state index is 0.213. The topological polar surface area (TPSA) is 79.2 Å². The second kappa shape index (κ2) is 6.59. The Balaban J connectivity index is 2.13. The minimum Gasteiger partial charge on any atom is -0.465 e. The highest BCUT2D eigenvalue weighted by Crippen LogP contribution is 2.27. The number of pyridine rings is 1. The smallest absolute Gasteiger partial charge is 0.413 e. The van der Waals surface area contributed by atoms with Crippen molar-refractivity contribution in [3.8, 4) is 11.3 Å². The lowest BCUT2D eigenvalue weighted by atomic mass is 10.1. The molecule has 0 saturated carbocycles. The molecule has 24 heavy (non-hydrogen) atoms. The molecule has 0 radical (unpaired) electrons. The first-order valence-corrected chi connectivity index (χ1v) is 7.85. The minimum atomic E-state index is -1.11. The Morgan fingerprint density at radius 2 is 1.92 bits per heavy atom. The van der Waals surface area contributed by atoms with Gasteiger partial charge < -0.3 is 5.11 Å². The number of carbonyl (C=O) groups is 1. The Morgan fingerprint density at radius 3 is 2.54 bits per heavy atom. The molecule has 0 saturated heterocycles. The summed E-state index contributed by atoms with van der Waals surface area (Å²) in [6.45, 7) is 1.96. The Bertz CT molecular complexity index is 916. The fraction of sp³-hybridized carbons (Fsp3) is 0.125. The molecule has 0 fully saturated rings. The van der Waals surface area contributed by atoms with E-state index in [2.05, 4.69) is 15.0 Å². The molecule has 0 bridgehead atoms. The van der Waals surface area contributed by atoms with Gasteiger partial charge in [0.2, 0.25) is 0 Å². The summed E-state index contributed by atoms with van der Waals surface area (Å²) in [5.41, 5.74) is 2.12. The van der Waals surface area contributed by atoms with Gasteiger partial charge in [0.15, 0.2) is 5.65 Å². The normalized spacial score (nSPS) is 10.8. The van der Waals surface area contributed by atoms with Crippen molar-refractivity contribution < 1.29 is 9.90 Å². The zero-order valence-electron chi connectivity index (χ0n) is 12.6. The first kappa shape index (κ1) is 16.4. The predicted molar refractivity (Wildman–Crippen MR) is 93.8 cm³/mol. The van der Waals surface area contributed by atoms with Crippen molar-refractivity contribution in [3.63, 3.8) is 0 Å². The fourth-order valence-electron chi connectivity index (χ4n) is 2.24. The van der Waals surface area contributed by atoms with Crippen LogP contribution >= 0.6 is 23.2 Å². The molecule has 0 atom stereocenters. The van der Waals surface area contributed by atoms with Crippen LogP contribution in [-0.2, 0) is 0 Å². The maximum Gasteiger partial charge on any atom is 0.413 e. The molecular weight excluding hydrogens is 351 g/mol. The molecule has 1 N–H and O–H groups in total. The molecule has 0 aliphatic rings. The van der Waals surface area contributed by atoms with Crippen molar-refractivity contribution in [3.05, 3.63) is 46.6 Å². The van der Waals surface area contributed by atoms with Crippen LogP contribution in [0.4, 0.5) is 10.6 Å². The van der Waals surface area contributed by atoms with Gasteiger partial charge in [0.1, 0.15) is 11.3 Å². The number of fused-ring (bicyclic) bond motifs is 1. The summed E-state index contributed by atoms with van der Waals surface area (Å²) in [5.74, 6) is 0.213. The number of hydrogen-bond acceptors (Lipinski definition) is 4. The van der Waals surface area contributed by atoms with Gasteiger partial charge in [0.05, 0.1) is 16.9 Å². The van der Waals surface area contributed by atoms with Gasteiger partial charge in [0, 0.05) is 23.2 Å². The molecule has 0 unspecified atom stereocenters. The summed E-state index contributed by atoms with van der Waals surface area (Å²) in [5, 5.41) is 10.2. The van der Waals surface area contributed by atoms with Gasteiger partial charge in [-0.25, -0.2) is 19.7 Å². The summed E-state index contributed by atoms with van der Waals surface area (Å²) in [4.78, 5) is 25.4. The Morgan fingerprint density at radius 1 is 1.21 bits per heavy atom. The fourth-order valence-corrected chi connectivity index (χ4v) is 2.60. The number of rotatable bonds is 3. The highest BCUT2D eigenvalue weighted by Gasteiger charge is 2.17. The van der Waals surface area contributed by atoms with Crippen molar-refractivity contribution in [2.45, 2.75) is 6.92 Å². The Hall–Kier alpha value is -2.44. The van der Waals surface area contributed by atoms with Gasteiger partial charge in [-0.15, -0.1) is 0 Å². The molecule has 0 aliphatic heterocycles. The lowest BCUT2D eigenvalue weighted by molar-refractivity contribution is 0.202. The van der Waals surface area contributed by atoms with Crippen LogP contribution in [0.25, 0.3) is 22.4 Å². The SMILES string of the molecule is CCN(C(=O)O)c1cc(Cl)c2ncc(-c3ccc(Cl)cc3)nc2n1. The summed E-state index contributed by atoms with van der Waals surface area (Å²) in [6.07, 6.45) is 0.482. The highest BCUT2D eigenvalue weighted by molar-refractivity contribution is 6.35. The average molecular weight is 363 g/mol. The van der Waals surface area contributed by atoms with E-state index >= 15 is 0 Å². The van der Waals surface area contributed by atoms with E-state index in [0.717, 1.165) is 10.5 Å². The number of anilines is 1. The van der Waals surface area contributed by atoms with E-state index in [1.54, 1.807) is 25.3 Å². The number of nitrogens with zero attached hydrogens (tertiary/aromatic N) is 4. The number of benzene rings is 1. The summed E-state index contributed by atoms with van der Waals surface area (Å²) in [6, 6.07) is 8.61. The van der Waals surface area contributed by atoms with Crippen molar-refractivity contribution in [2.24, 2.45) is 0 Å². The van der Waals surface area contributed by atoms with E-state index in [4.69, 9.17) is 23.2 Å². The lowest BCUT2D eigenvalue weighted by Gasteiger charge is -2.16. The van der Waals surface area contributed by atoms with Gasteiger partial charge in [-0.2, -0.15) is 0 Å². The number of amides is 1. The van der Waals surface area contributed by atoms with E-state index < -0.39 is 6.09 Å². The number of carboxylic acid groups (broad SMARTS) is 1. The van der Waals surface area contributed by atoms with E-state index in [0.29, 0.717) is 21.3 Å². The number of hydrogen-bond donors (Lipinski definition) is 1. The van der Waals surface area contributed by atoms with Gasteiger partial charge >= 0.3 is 6.09 Å². The predicted octanol–water partition coefficient (Wildman–Crippen LogP) is 4.50.